The number of hydrogen-bond acceptors (Lipinski definition) is 6. The molecule has 0 aliphatic rings. The standard InChI is InChI=1S/C37H50N4O6S/c1-25(2)20-32(33(42)21-27(5)35(43)40-34(26(3)4)37(45)38-23-28-14-9-7-10-15-28)39-36(44)30-18-13-19-31(22-30)41(6)48(46,47)24-29-16-11-8-12-17-29/h7-19,22,25-27,32-34,42H,20-21,23-24H2,1-6H3,(H,38,45)(H,39,44)(H,40,43)/t27-,32+,33+,34+/m1/s1. The first-order valence-electron chi connectivity index (χ1n) is 16.4. The van der Waals surface area contributed by atoms with Gasteiger partial charge in [-0.05, 0) is 54.0 Å². The average Bonchev–Trinajstić information content (AvgIpc) is 3.05. The Bertz CT molecular complexity index is 1600. The Morgan fingerprint density at radius 2 is 1.38 bits per heavy atom. The van der Waals surface area contributed by atoms with Crippen molar-refractivity contribution in [3.8, 4) is 0 Å². The molecule has 10 nitrogen and oxygen atoms in total. The van der Waals surface area contributed by atoms with Crippen LogP contribution in [0.3, 0.4) is 0 Å². The Morgan fingerprint density at radius 3 is 1.96 bits per heavy atom. The van der Waals surface area contributed by atoms with Crippen LogP contribution in [0, 0.1) is 17.8 Å². The van der Waals surface area contributed by atoms with Gasteiger partial charge in [0.1, 0.15) is 6.04 Å². The fourth-order valence-electron chi connectivity index (χ4n) is 5.32. The predicted molar refractivity (Wildman–Crippen MR) is 189 cm³/mol. The number of amides is 3. The third-order valence-electron chi connectivity index (χ3n) is 8.19. The highest BCUT2D eigenvalue weighted by Crippen LogP contribution is 2.22. The van der Waals surface area contributed by atoms with Gasteiger partial charge in [-0.15, -0.1) is 0 Å². The lowest BCUT2D eigenvalue weighted by Gasteiger charge is -2.29. The van der Waals surface area contributed by atoms with Gasteiger partial charge in [0, 0.05) is 25.1 Å². The van der Waals surface area contributed by atoms with Crippen molar-refractivity contribution >= 4 is 33.4 Å². The molecule has 0 radical (unpaired) electrons. The van der Waals surface area contributed by atoms with Gasteiger partial charge in [-0.3, -0.25) is 18.7 Å². The molecule has 0 aliphatic heterocycles. The molecule has 4 N–H and O–H groups in total. The molecule has 260 valence electrons. The van der Waals surface area contributed by atoms with Crippen LogP contribution in [-0.4, -0.2) is 56.5 Å². The number of sulfonamides is 1. The summed E-state index contributed by atoms with van der Waals surface area (Å²) in [6.45, 7) is 9.67. The van der Waals surface area contributed by atoms with E-state index in [2.05, 4.69) is 16.0 Å². The van der Waals surface area contributed by atoms with Crippen molar-refractivity contribution in [1.29, 1.82) is 0 Å². The number of carbonyl (C=O) groups is 3. The molecule has 4 atom stereocenters. The van der Waals surface area contributed by atoms with E-state index in [1.807, 2.05) is 64.1 Å². The second-order valence-electron chi connectivity index (χ2n) is 13.1. The molecule has 3 amide bonds. The molecule has 3 aromatic carbocycles. The van der Waals surface area contributed by atoms with E-state index < -0.39 is 40.0 Å². The summed E-state index contributed by atoms with van der Waals surface area (Å²) < 4.78 is 27.4. The van der Waals surface area contributed by atoms with Gasteiger partial charge >= 0.3 is 0 Å². The maximum Gasteiger partial charge on any atom is 0.251 e. The van der Waals surface area contributed by atoms with E-state index in [0.29, 0.717) is 24.2 Å². The lowest BCUT2D eigenvalue weighted by Crippen LogP contribution is -2.51. The second-order valence-corrected chi connectivity index (χ2v) is 15.1. The van der Waals surface area contributed by atoms with Crippen molar-refractivity contribution in [2.45, 2.75) is 77.9 Å². The molecule has 3 aromatic rings. The van der Waals surface area contributed by atoms with E-state index in [4.69, 9.17) is 0 Å². The third-order valence-corrected chi connectivity index (χ3v) is 9.93. The molecule has 0 saturated heterocycles. The van der Waals surface area contributed by atoms with E-state index in [-0.39, 0.29) is 41.4 Å². The van der Waals surface area contributed by atoms with Crippen molar-refractivity contribution in [2.24, 2.45) is 17.8 Å². The van der Waals surface area contributed by atoms with Gasteiger partial charge in [0.05, 0.1) is 23.6 Å². The molecule has 0 heterocycles. The number of rotatable bonds is 17. The summed E-state index contributed by atoms with van der Waals surface area (Å²) in [7, 11) is -2.27. The first-order valence-corrected chi connectivity index (χ1v) is 18.0. The Kier molecular flexibility index (Phi) is 14.2. The molecule has 0 aliphatic carbocycles. The molecular weight excluding hydrogens is 628 g/mol. The number of nitrogens with zero attached hydrogens (tertiary/aromatic N) is 1. The van der Waals surface area contributed by atoms with Crippen LogP contribution in [-0.2, 0) is 31.9 Å². The van der Waals surface area contributed by atoms with Gasteiger partial charge < -0.3 is 21.1 Å². The first-order chi connectivity index (χ1) is 22.7. The molecule has 11 heteroatoms. The van der Waals surface area contributed by atoms with E-state index in [0.717, 1.165) is 9.87 Å². The maximum absolute atomic E-state index is 13.4. The quantitative estimate of drug-likeness (QED) is 0.164. The summed E-state index contributed by atoms with van der Waals surface area (Å²) in [5.41, 5.74) is 2.17. The van der Waals surface area contributed by atoms with Crippen LogP contribution in [0.5, 0.6) is 0 Å². The molecule has 0 aromatic heterocycles. The fraction of sp³-hybridized carbons (Fsp3) is 0.432. The molecule has 48 heavy (non-hydrogen) atoms. The SMILES string of the molecule is CC(C)C[C@H](NC(=O)c1cccc(N(C)S(=O)(=O)Cc2ccccc2)c1)[C@@H](O)C[C@@H](C)C(=O)N[C@H](C(=O)NCc1ccccc1)C(C)C. The lowest BCUT2D eigenvalue weighted by molar-refractivity contribution is -0.132. The molecule has 0 fully saturated rings. The number of carbonyl (C=O) groups excluding carboxylic acids is 3. The number of aliphatic hydroxyl groups excluding tert-OH is 1. The normalized spacial score (nSPS) is 14.1. The summed E-state index contributed by atoms with van der Waals surface area (Å²) >= 11 is 0. The summed E-state index contributed by atoms with van der Waals surface area (Å²) in [4.78, 5) is 39.6. The highest BCUT2D eigenvalue weighted by molar-refractivity contribution is 7.92. The summed E-state index contributed by atoms with van der Waals surface area (Å²) in [5.74, 6) is -2.02. The summed E-state index contributed by atoms with van der Waals surface area (Å²) in [6.07, 6.45) is -0.554. The Morgan fingerprint density at radius 1 is 0.771 bits per heavy atom. The summed E-state index contributed by atoms with van der Waals surface area (Å²) in [5, 5.41) is 19.9. The van der Waals surface area contributed by atoms with Crippen molar-refractivity contribution < 1.29 is 27.9 Å². The van der Waals surface area contributed by atoms with Gasteiger partial charge in [0.15, 0.2) is 0 Å². The van der Waals surface area contributed by atoms with E-state index >= 15 is 0 Å². The van der Waals surface area contributed by atoms with Crippen LogP contribution in [0.15, 0.2) is 84.9 Å². The van der Waals surface area contributed by atoms with Gasteiger partial charge in [-0.1, -0.05) is 101 Å². The fourth-order valence-corrected chi connectivity index (χ4v) is 6.56. The zero-order chi connectivity index (χ0) is 35.4. The monoisotopic (exact) mass is 678 g/mol. The van der Waals surface area contributed by atoms with E-state index in [9.17, 15) is 27.9 Å². The lowest BCUT2D eigenvalue weighted by atomic mass is 9.91. The van der Waals surface area contributed by atoms with Crippen LogP contribution < -0.4 is 20.3 Å². The van der Waals surface area contributed by atoms with Gasteiger partial charge in [-0.2, -0.15) is 0 Å². The number of nitrogens with one attached hydrogen (secondary N) is 3. The van der Waals surface area contributed by atoms with Crippen LogP contribution in [0.4, 0.5) is 5.69 Å². The molecule has 0 spiro atoms. The smallest absolute Gasteiger partial charge is 0.251 e. The molecule has 3 rings (SSSR count). The maximum atomic E-state index is 13.4. The third kappa shape index (κ3) is 11.5. The zero-order valence-electron chi connectivity index (χ0n) is 28.7. The van der Waals surface area contributed by atoms with Crippen LogP contribution >= 0.6 is 0 Å². The highest BCUT2D eigenvalue weighted by Gasteiger charge is 2.30. The average molecular weight is 679 g/mol. The van der Waals surface area contributed by atoms with Crippen LogP contribution in [0.2, 0.25) is 0 Å². The van der Waals surface area contributed by atoms with Gasteiger partial charge in [0.25, 0.3) is 5.91 Å². The Balaban J connectivity index is 1.65. The second kappa shape index (κ2) is 17.8. The van der Waals surface area contributed by atoms with Crippen molar-refractivity contribution in [3.63, 3.8) is 0 Å². The van der Waals surface area contributed by atoms with Crippen molar-refractivity contribution in [1.82, 2.24) is 16.0 Å². The first kappa shape index (κ1) is 38.2. The molecule has 0 unspecified atom stereocenters. The minimum absolute atomic E-state index is 0.0560. The number of anilines is 1. The topological polar surface area (TPSA) is 145 Å². The van der Waals surface area contributed by atoms with Crippen LogP contribution in [0.25, 0.3) is 0 Å². The number of hydrogen-bond donors (Lipinski definition) is 4. The predicted octanol–water partition coefficient (Wildman–Crippen LogP) is 4.64. The minimum atomic E-state index is -3.72. The number of aliphatic hydroxyl groups is 1. The van der Waals surface area contributed by atoms with E-state index in [1.54, 1.807) is 49.4 Å². The molecular formula is C37H50N4O6S. The largest absolute Gasteiger partial charge is 0.391 e. The van der Waals surface area contributed by atoms with Gasteiger partial charge in [-0.25, -0.2) is 8.42 Å². The van der Waals surface area contributed by atoms with Crippen molar-refractivity contribution in [2.75, 3.05) is 11.4 Å². The Labute approximate surface area is 285 Å². The zero-order valence-corrected chi connectivity index (χ0v) is 29.5. The van der Waals surface area contributed by atoms with E-state index in [1.165, 1.54) is 13.1 Å². The minimum Gasteiger partial charge on any atom is -0.391 e. The van der Waals surface area contributed by atoms with Gasteiger partial charge in [0.2, 0.25) is 21.8 Å². The van der Waals surface area contributed by atoms with Crippen molar-refractivity contribution in [3.05, 3.63) is 102 Å². The highest BCUT2D eigenvalue weighted by atomic mass is 32.2. The summed E-state index contributed by atoms with van der Waals surface area (Å²) in [6, 6.07) is 23.2. The number of benzene rings is 3. The molecule has 0 saturated carbocycles. The van der Waals surface area contributed by atoms with Crippen LogP contribution in [0.1, 0.15) is 68.9 Å². The Hall–Kier alpha value is -4.22. The molecule has 0 bridgehead atoms.